The fourth-order valence-electron chi connectivity index (χ4n) is 1.86. The second kappa shape index (κ2) is 5.96. The Labute approximate surface area is 116 Å². The minimum Gasteiger partial charge on any atom is -0.384 e. The summed E-state index contributed by atoms with van der Waals surface area (Å²) in [6, 6.07) is 6.58. The van der Waals surface area contributed by atoms with E-state index in [1.165, 1.54) is 12.1 Å². The number of aryl methyl sites for hydroxylation is 1. The molecule has 0 radical (unpaired) electrons. The highest BCUT2D eigenvalue weighted by molar-refractivity contribution is 5.59. The number of nitrogens with zero attached hydrogens (tertiary/aromatic N) is 3. The van der Waals surface area contributed by atoms with Gasteiger partial charge in [0.1, 0.15) is 5.82 Å². The summed E-state index contributed by atoms with van der Waals surface area (Å²) in [7, 11) is 0. The van der Waals surface area contributed by atoms with E-state index in [0.29, 0.717) is 6.54 Å². The Morgan fingerprint density at radius 2 is 2.20 bits per heavy atom. The van der Waals surface area contributed by atoms with Crippen LogP contribution in [0.1, 0.15) is 18.2 Å². The molecule has 7 heteroatoms. The fraction of sp³-hybridized carbons (Fsp3) is 0.231. The molecule has 7 nitrogen and oxygen atoms in total. The minimum atomic E-state index is -0.492. The average molecular weight is 273 g/mol. The molecule has 0 saturated carbocycles. The lowest BCUT2D eigenvalue weighted by Gasteiger charge is -2.09. The van der Waals surface area contributed by atoms with Gasteiger partial charge in [0.05, 0.1) is 17.2 Å². The largest absolute Gasteiger partial charge is 0.384 e. The number of rotatable bonds is 5. The van der Waals surface area contributed by atoms with Gasteiger partial charge in [0.2, 0.25) is 5.82 Å². The Bertz CT molecular complexity index is 630. The SMILES string of the molecule is CCc1cccnc1CNc1nc(N)ccc1[N+](=O)[O-]. The van der Waals surface area contributed by atoms with Crippen molar-refractivity contribution >= 4 is 17.3 Å². The van der Waals surface area contributed by atoms with Crippen LogP contribution in [0.4, 0.5) is 17.3 Å². The van der Waals surface area contributed by atoms with Crippen LogP contribution in [-0.2, 0) is 13.0 Å². The molecular weight excluding hydrogens is 258 g/mol. The summed E-state index contributed by atoms with van der Waals surface area (Å²) in [4.78, 5) is 18.7. The third kappa shape index (κ3) is 3.00. The number of anilines is 2. The Morgan fingerprint density at radius 3 is 2.90 bits per heavy atom. The normalized spacial score (nSPS) is 10.2. The van der Waals surface area contributed by atoms with Crippen LogP contribution in [0.3, 0.4) is 0 Å². The zero-order valence-electron chi connectivity index (χ0n) is 11.0. The molecule has 3 N–H and O–H groups in total. The predicted octanol–water partition coefficient (Wildman–Crippen LogP) is 2.14. The van der Waals surface area contributed by atoms with Crippen molar-refractivity contribution in [3.8, 4) is 0 Å². The molecule has 2 aromatic rings. The number of pyridine rings is 2. The molecule has 0 fully saturated rings. The van der Waals surface area contributed by atoms with Crippen LogP contribution in [0.15, 0.2) is 30.5 Å². The van der Waals surface area contributed by atoms with Crippen molar-refractivity contribution in [1.82, 2.24) is 9.97 Å². The Balaban J connectivity index is 2.22. The number of hydrogen-bond acceptors (Lipinski definition) is 6. The molecule has 0 unspecified atom stereocenters. The van der Waals surface area contributed by atoms with E-state index in [-0.39, 0.29) is 17.3 Å². The maximum atomic E-state index is 10.9. The molecule has 20 heavy (non-hydrogen) atoms. The maximum absolute atomic E-state index is 10.9. The summed E-state index contributed by atoms with van der Waals surface area (Å²) < 4.78 is 0. The first-order valence-electron chi connectivity index (χ1n) is 6.19. The van der Waals surface area contributed by atoms with Crippen LogP contribution in [0.25, 0.3) is 0 Å². The third-order valence-electron chi connectivity index (χ3n) is 2.88. The van der Waals surface area contributed by atoms with Crippen molar-refractivity contribution in [1.29, 1.82) is 0 Å². The van der Waals surface area contributed by atoms with E-state index in [2.05, 4.69) is 15.3 Å². The molecule has 104 valence electrons. The molecule has 2 rings (SSSR count). The molecule has 2 heterocycles. The average Bonchev–Trinajstić information content (AvgIpc) is 2.45. The summed E-state index contributed by atoms with van der Waals surface area (Å²) in [5, 5.41) is 13.9. The molecule has 0 aliphatic carbocycles. The fourth-order valence-corrected chi connectivity index (χ4v) is 1.86. The van der Waals surface area contributed by atoms with E-state index in [1.807, 2.05) is 19.1 Å². The van der Waals surface area contributed by atoms with Crippen LogP contribution in [0, 0.1) is 10.1 Å². The predicted molar refractivity (Wildman–Crippen MR) is 76.2 cm³/mol. The number of nitro groups is 1. The highest BCUT2D eigenvalue weighted by Gasteiger charge is 2.15. The summed E-state index contributed by atoms with van der Waals surface area (Å²) in [6.45, 7) is 2.39. The molecule has 0 bridgehead atoms. The van der Waals surface area contributed by atoms with Crippen molar-refractivity contribution in [2.75, 3.05) is 11.1 Å². The summed E-state index contributed by atoms with van der Waals surface area (Å²) in [6.07, 6.45) is 2.54. The Kier molecular flexibility index (Phi) is 4.09. The van der Waals surface area contributed by atoms with Crippen LogP contribution < -0.4 is 11.1 Å². The first kappa shape index (κ1) is 13.7. The van der Waals surface area contributed by atoms with Gasteiger partial charge < -0.3 is 11.1 Å². The van der Waals surface area contributed by atoms with Crippen molar-refractivity contribution in [3.05, 3.63) is 51.8 Å². The van der Waals surface area contributed by atoms with E-state index in [4.69, 9.17) is 5.73 Å². The molecule has 0 aliphatic heterocycles. The van der Waals surface area contributed by atoms with Crippen LogP contribution in [0.2, 0.25) is 0 Å². The topological polar surface area (TPSA) is 107 Å². The van der Waals surface area contributed by atoms with Gasteiger partial charge in [0.25, 0.3) is 0 Å². The standard InChI is InChI=1S/C13H15N5O2/c1-2-9-4-3-7-15-10(9)8-16-13-11(18(19)20)5-6-12(14)17-13/h3-7H,2,8H2,1H3,(H3,14,16,17). The van der Waals surface area contributed by atoms with Crippen LogP contribution in [0.5, 0.6) is 0 Å². The van der Waals surface area contributed by atoms with Crippen LogP contribution >= 0.6 is 0 Å². The lowest BCUT2D eigenvalue weighted by molar-refractivity contribution is -0.384. The highest BCUT2D eigenvalue weighted by atomic mass is 16.6. The second-order valence-corrected chi connectivity index (χ2v) is 4.18. The highest BCUT2D eigenvalue weighted by Crippen LogP contribution is 2.23. The van der Waals surface area contributed by atoms with Crippen molar-refractivity contribution in [2.45, 2.75) is 19.9 Å². The van der Waals surface area contributed by atoms with Gasteiger partial charge >= 0.3 is 5.69 Å². The molecule has 0 spiro atoms. The van der Waals surface area contributed by atoms with Gasteiger partial charge in [-0.3, -0.25) is 15.1 Å². The van der Waals surface area contributed by atoms with Crippen molar-refractivity contribution < 1.29 is 4.92 Å². The molecule has 0 aromatic carbocycles. The molecule has 0 amide bonds. The van der Waals surface area contributed by atoms with Gasteiger partial charge in [-0.15, -0.1) is 0 Å². The summed E-state index contributed by atoms with van der Waals surface area (Å²) >= 11 is 0. The monoisotopic (exact) mass is 273 g/mol. The number of aromatic nitrogens is 2. The molecule has 2 aromatic heterocycles. The van der Waals surface area contributed by atoms with Crippen LogP contribution in [-0.4, -0.2) is 14.9 Å². The lowest BCUT2D eigenvalue weighted by atomic mass is 10.1. The van der Waals surface area contributed by atoms with Crippen molar-refractivity contribution in [2.24, 2.45) is 0 Å². The minimum absolute atomic E-state index is 0.104. The first-order chi connectivity index (χ1) is 9.61. The zero-order valence-corrected chi connectivity index (χ0v) is 11.0. The lowest BCUT2D eigenvalue weighted by Crippen LogP contribution is -2.08. The van der Waals surface area contributed by atoms with E-state index in [9.17, 15) is 10.1 Å². The third-order valence-corrected chi connectivity index (χ3v) is 2.88. The second-order valence-electron chi connectivity index (χ2n) is 4.18. The zero-order chi connectivity index (χ0) is 14.5. The van der Waals surface area contributed by atoms with Gasteiger partial charge in [-0.1, -0.05) is 13.0 Å². The Hall–Kier alpha value is -2.70. The first-order valence-corrected chi connectivity index (χ1v) is 6.19. The molecule has 0 saturated heterocycles. The van der Waals surface area contributed by atoms with Gasteiger partial charge in [0.15, 0.2) is 0 Å². The van der Waals surface area contributed by atoms with E-state index < -0.39 is 4.92 Å². The maximum Gasteiger partial charge on any atom is 0.311 e. The quantitative estimate of drug-likeness (QED) is 0.638. The van der Waals surface area contributed by atoms with Gasteiger partial charge in [-0.2, -0.15) is 0 Å². The van der Waals surface area contributed by atoms with Gasteiger partial charge in [-0.25, -0.2) is 4.98 Å². The molecule has 0 atom stereocenters. The number of hydrogen-bond donors (Lipinski definition) is 2. The number of nitrogens with two attached hydrogens (primary N) is 1. The van der Waals surface area contributed by atoms with Gasteiger partial charge in [-0.05, 0) is 24.1 Å². The van der Waals surface area contributed by atoms with E-state index in [1.54, 1.807) is 6.20 Å². The summed E-state index contributed by atoms with van der Waals surface area (Å²) in [5.74, 6) is 0.387. The van der Waals surface area contributed by atoms with E-state index in [0.717, 1.165) is 17.7 Å². The number of nitrogen functional groups attached to an aromatic ring is 1. The van der Waals surface area contributed by atoms with E-state index >= 15 is 0 Å². The number of nitrogens with one attached hydrogen (secondary N) is 1. The van der Waals surface area contributed by atoms with Gasteiger partial charge in [0, 0.05) is 12.3 Å². The Morgan fingerprint density at radius 1 is 1.40 bits per heavy atom. The molecular formula is C13H15N5O2. The smallest absolute Gasteiger partial charge is 0.311 e. The summed E-state index contributed by atoms with van der Waals surface area (Å²) in [5.41, 5.74) is 7.39. The molecule has 0 aliphatic rings. The van der Waals surface area contributed by atoms with Crippen molar-refractivity contribution in [3.63, 3.8) is 0 Å².